The van der Waals surface area contributed by atoms with Gasteiger partial charge in [0.1, 0.15) is 22.7 Å². The van der Waals surface area contributed by atoms with Crippen molar-refractivity contribution in [1.29, 1.82) is 0 Å². The molecule has 0 aromatic heterocycles. The highest BCUT2D eigenvalue weighted by Gasteiger charge is 2.70. The number of carbonyl (C=O) groups excluding carboxylic acids is 8. The zero-order chi connectivity index (χ0) is 44.2. The van der Waals surface area contributed by atoms with E-state index in [1.807, 2.05) is 0 Å². The Balaban J connectivity index is 1.70. The van der Waals surface area contributed by atoms with Crippen molar-refractivity contribution >= 4 is 59.1 Å². The van der Waals surface area contributed by atoms with E-state index in [1.54, 1.807) is 0 Å². The summed E-state index contributed by atoms with van der Waals surface area (Å²) in [5.74, 6) is -11.0. The molecule has 2 spiro atoms. The lowest BCUT2D eigenvalue weighted by Gasteiger charge is -2.48. The standard InChI is InChI=1S/C35H45N7O17/c1-18(2)39(20-10-12-21(13-11-20)42(51)52)28(48)58-59-30(50)41-32(6)17-31(5,36)25(45)54-35(55-26(46)33(32,7)37)24(44)22(53-8)16-23(43)34(27(47)56-35)14-9-15-38(34)40(19(3)4)29(49)57-41/h10-13,18-19,22H,9,14-17,36-37H2,1-8H3/t22?,31-,32?,33+,34-,35?/m1/s1. The molecule has 4 aliphatic rings. The zero-order valence-corrected chi connectivity index (χ0v) is 33.4. The highest BCUT2D eigenvalue weighted by Crippen LogP contribution is 2.44. The van der Waals surface area contributed by atoms with Crippen LogP contribution in [-0.4, -0.2) is 128 Å². The summed E-state index contributed by atoms with van der Waals surface area (Å²) in [5, 5.41) is 13.1. The molecule has 4 fully saturated rings. The highest BCUT2D eigenvalue weighted by atomic mass is 17.2. The van der Waals surface area contributed by atoms with Crippen LogP contribution < -0.4 is 16.4 Å². The number of ether oxygens (including phenoxy) is 4. The Kier molecular flexibility index (Phi) is 11.5. The minimum atomic E-state index is -3.64. The van der Waals surface area contributed by atoms with Gasteiger partial charge in [-0.3, -0.25) is 24.6 Å². The summed E-state index contributed by atoms with van der Waals surface area (Å²) in [4.78, 5) is 141. The van der Waals surface area contributed by atoms with E-state index in [2.05, 4.69) is 0 Å². The van der Waals surface area contributed by atoms with Gasteiger partial charge in [0.25, 0.3) is 11.5 Å². The van der Waals surface area contributed by atoms with Crippen molar-refractivity contribution in [2.45, 2.75) is 120 Å². The van der Waals surface area contributed by atoms with Crippen LogP contribution in [0.1, 0.15) is 74.1 Å². The van der Waals surface area contributed by atoms with Crippen molar-refractivity contribution in [2.24, 2.45) is 11.5 Å². The summed E-state index contributed by atoms with van der Waals surface area (Å²) in [6.45, 7) is 8.73. The van der Waals surface area contributed by atoms with Gasteiger partial charge in [-0.05, 0) is 73.4 Å². The Hall–Kier alpha value is -5.98. The number of nitro groups is 1. The summed E-state index contributed by atoms with van der Waals surface area (Å²) in [6.07, 6.45) is -8.81. The molecule has 4 saturated heterocycles. The van der Waals surface area contributed by atoms with E-state index in [1.165, 1.54) is 39.8 Å². The number of anilines is 1. The number of amides is 3. The molecule has 0 radical (unpaired) electrons. The molecule has 0 aliphatic carbocycles. The van der Waals surface area contributed by atoms with Crippen molar-refractivity contribution in [3.05, 3.63) is 34.4 Å². The second-order valence-corrected chi connectivity index (χ2v) is 15.6. The fraction of sp³-hybridized carbons (Fsp3) is 0.600. The first-order valence-electron chi connectivity index (χ1n) is 18.2. The molecule has 5 rings (SSSR count). The van der Waals surface area contributed by atoms with Crippen LogP contribution in [-0.2, 0) is 57.5 Å². The molecule has 1 aromatic rings. The van der Waals surface area contributed by atoms with Crippen molar-refractivity contribution in [3.8, 4) is 0 Å². The average molecular weight is 836 g/mol. The molecule has 4 heterocycles. The Morgan fingerprint density at radius 3 is 2.08 bits per heavy atom. The van der Waals surface area contributed by atoms with Crippen molar-refractivity contribution in [3.63, 3.8) is 0 Å². The number of hydroxylamine groups is 2. The van der Waals surface area contributed by atoms with E-state index >= 15 is 0 Å². The number of carbonyl (C=O) groups is 8. The van der Waals surface area contributed by atoms with Gasteiger partial charge in [0.2, 0.25) is 0 Å². The maximum atomic E-state index is 14.5. The number of hydrogen-bond acceptors (Lipinski definition) is 20. The van der Waals surface area contributed by atoms with Crippen molar-refractivity contribution in [1.82, 2.24) is 15.1 Å². The Morgan fingerprint density at radius 2 is 1.53 bits per heavy atom. The predicted molar refractivity (Wildman–Crippen MR) is 192 cm³/mol. The maximum Gasteiger partial charge on any atom is 0.491 e. The van der Waals surface area contributed by atoms with Gasteiger partial charge < -0.3 is 35.3 Å². The number of nitrogens with two attached hydrogens (primary N) is 2. The summed E-state index contributed by atoms with van der Waals surface area (Å²) in [6, 6.07) is 2.95. The smallest absolute Gasteiger partial charge is 0.380 e. The van der Waals surface area contributed by atoms with Gasteiger partial charge in [0.15, 0.2) is 11.3 Å². The molecular formula is C35H45N7O17. The van der Waals surface area contributed by atoms with Crippen LogP contribution in [0.25, 0.3) is 0 Å². The topological polar surface area (TPSA) is 309 Å². The maximum absolute atomic E-state index is 14.5. The molecular weight excluding hydrogens is 790 g/mol. The van der Waals surface area contributed by atoms with E-state index in [9.17, 15) is 48.5 Å². The van der Waals surface area contributed by atoms with Crippen LogP contribution in [0.4, 0.5) is 25.8 Å². The monoisotopic (exact) mass is 835 g/mol. The minimum Gasteiger partial charge on any atom is -0.380 e. The third-order valence-electron chi connectivity index (χ3n) is 10.8. The third kappa shape index (κ3) is 7.25. The number of Topliss-reactive ketones (excluding diaryl/α,β-unsaturated/α-hetero) is 2. The molecule has 24 heteroatoms. The van der Waals surface area contributed by atoms with E-state index in [-0.39, 0.29) is 35.8 Å². The molecule has 24 nitrogen and oxygen atoms in total. The molecule has 0 saturated carbocycles. The molecule has 322 valence electrons. The van der Waals surface area contributed by atoms with Crippen LogP contribution in [0.2, 0.25) is 0 Å². The summed E-state index contributed by atoms with van der Waals surface area (Å²) in [5.41, 5.74) is 2.58. The highest BCUT2D eigenvalue weighted by molar-refractivity contribution is 6.13. The first-order chi connectivity index (χ1) is 27.3. The number of esters is 3. The first kappa shape index (κ1) is 44.1. The van der Waals surface area contributed by atoms with E-state index < -0.39 is 112 Å². The van der Waals surface area contributed by atoms with E-state index in [0.29, 0.717) is 0 Å². The average Bonchev–Trinajstić information content (AvgIpc) is 3.59. The number of nitro benzene ring substituents is 1. The van der Waals surface area contributed by atoms with Gasteiger partial charge in [0, 0.05) is 56.4 Å². The summed E-state index contributed by atoms with van der Waals surface area (Å²) < 4.78 is 21.8. The number of hydrogen-bond donors (Lipinski definition) is 2. The minimum absolute atomic E-state index is 0.0395. The van der Waals surface area contributed by atoms with Gasteiger partial charge >= 0.3 is 42.2 Å². The van der Waals surface area contributed by atoms with Gasteiger partial charge in [-0.15, -0.1) is 5.06 Å². The predicted octanol–water partition coefficient (Wildman–Crippen LogP) is 1.26. The van der Waals surface area contributed by atoms with Crippen LogP contribution in [0.15, 0.2) is 24.3 Å². The fourth-order valence-corrected chi connectivity index (χ4v) is 7.42. The number of fused-ring (bicyclic) bond motifs is 4. The number of benzene rings is 1. The summed E-state index contributed by atoms with van der Waals surface area (Å²) in [7, 11) is 1.01. The number of rotatable bonds is 5. The second-order valence-electron chi connectivity index (χ2n) is 15.6. The number of non-ortho nitro benzene ring substituents is 1. The molecule has 3 unspecified atom stereocenters. The van der Waals surface area contributed by atoms with Crippen LogP contribution in [0.5, 0.6) is 0 Å². The number of ketones is 2. The quantitative estimate of drug-likeness (QED) is 0.139. The van der Waals surface area contributed by atoms with Gasteiger partial charge in [0.05, 0.1) is 4.92 Å². The summed E-state index contributed by atoms with van der Waals surface area (Å²) >= 11 is 0. The number of nitrogens with zero attached hydrogens (tertiary/aromatic N) is 5. The Labute approximate surface area is 335 Å². The zero-order valence-electron chi connectivity index (χ0n) is 33.4. The lowest BCUT2D eigenvalue weighted by atomic mass is 9.72. The third-order valence-corrected chi connectivity index (χ3v) is 10.8. The molecule has 59 heavy (non-hydrogen) atoms. The lowest BCUT2D eigenvalue weighted by molar-refractivity contribution is -0.384. The molecule has 6 atom stereocenters. The van der Waals surface area contributed by atoms with Crippen LogP contribution in [0.3, 0.4) is 0 Å². The molecule has 4 N–H and O–H groups in total. The largest absolute Gasteiger partial charge is 0.491 e. The Morgan fingerprint density at radius 1 is 0.932 bits per heavy atom. The van der Waals surface area contributed by atoms with Gasteiger partial charge in [-0.25, -0.2) is 43.6 Å². The van der Waals surface area contributed by atoms with Crippen molar-refractivity contribution in [2.75, 3.05) is 18.6 Å². The number of hydrazine groups is 1. The molecule has 3 amide bonds. The van der Waals surface area contributed by atoms with E-state index in [0.717, 1.165) is 54.9 Å². The number of methoxy groups -OCH3 is 1. The second kappa shape index (κ2) is 15.3. The van der Waals surface area contributed by atoms with Crippen LogP contribution in [0, 0.1) is 10.1 Å². The molecule has 3 bridgehead atoms. The Bertz CT molecular complexity index is 1970. The van der Waals surface area contributed by atoms with Gasteiger partial charge in [-0.2, -0.15) is 5.01 Å². The van der Waals surface area contributed by atoms with Crippen molar-refractivity contribution < 1.29 is 76.8 Å². The normalized spacial score (nSPS) is 31.6. The van der Waals surface area contributed by atoms with Gasteiger partial charge in [-0.1, -0.05) is 0 Å². The molecule has 1 aromatic carbocycles. The lowest BCUT2D eigenvalue weighted by Crippen LogP contribution is -2.74. The molecule has 4 aliphatic heterocycles. The SMILES string of the molecule is COC1CC(=O)[C@@]23CCCN2N(C(C)C)C(=O)ON(C(=O)OOC(=O)N(c2ccc([N+](=O)[O-])cc2)C(C)C)C2(C)C[C@@](C)(N)C(=O)OC(OC3=O)(OC(=O)[C@]2(C)N)C1=O. The fourth-order valence-electron chi connectivity index (χ4n) is 7.42. The first-order valence-corrected chi connectivity index (χ1v) is 18.2. The van der Waals surface area contributed by atoms with E-state index in [4.69, 9.17) is 45.0 Å². The van der Waals surface area contributed by atoms with Crippen LogP contribution >= 0.6 is 0 Å².